The number of hydrogen-bond acceptors (Lipinski definition) is 3. The molecule has 2 aromatic carbocycles. The van der Waals surface area contributed by atoms with Crippen LogP contribution < -0.4 is 5.32 Å². The van der Waals surface area contributed by atoms with Crippen molar-refractivity contribution in [2.24, 2.45) is 0 Å². The lowest BCUT2D eigenvalue weighted by atomic mass is 10.1. The zero-order valence-corrected chi connectivity index (χ0v) is 18.6. The minimum absolute atomic E-state index is 0.101. The second-order valence-electron chi connectivity index (χ2n) is 6.34. The quantitative estimate of drug-likeness (QED) is 0.582. The van der Waals surface area contributed by atoms with Crippen molar-refractivity contribution in [2.45, 2.75) is 31.7 Å². The molecule has 0 aliphatic heterocycles. The van der Waals surface area contributed by atoms with Gasteiger partial charge < -0.3 is 10.2 Å². The van der Waals surface area contributed by atoms with Crippen molar-refractivity contribution < 1.29 is 14.0 Å². The summed E-state index contributed by atoms with van der Waals surface area (Å²) in [5.74, 6) is -0.343. The third kappa shape index (κ3) is 6.36. The molecule has 0 spiro atoms. The first-order chi connectivity index (χ1) is 13.9. The van der Waals surface area contributed by atoms with Crippen LogP contribution in [0.25, 0.3) is 0 Å². The molecule has 0 saturated heterocycles. The van der Waals surface area contributed by atoms with Crippen LogP contribution in [-0.4, -0.2) is 35.6 Å². The predicted octanol–water partition coefficient (Wildman–Crippen LogP) is 4.92. The molecule has 0 aliphatic rings. The molecule has 156 valence electrons. The number of nitrogens with zero attached hydrogens (tertiary/aromatic N) is 1. The number of likely N-dealkylation sites (N-methyl/N-ethyl adjacent to an activating group) is 1. The highest BCUT2D eigenvalue weighted by Crippen LogP contribution is 2.27. The Hall–Kier alpha value is -1.76. The topological polar surface area (TPSA) is 49.4 Å². The monoisotopic (exact) mass is 456 g/mol. The van der Waals surface area contributed by atoms with Gasteiger partial charge in [-0.1, -0.05) is 54.4 Å². The van der Waals surface area contributed by atoms with Gasteiger partial charge >= 0.3 is 0 Å². The summed E-state index contributed by atoms with van der Waals surface area (Å²) >= 11 is 13.8. The number of thioether (sulfide) groups is 1. The molecule has 0 aromatic heterocycles. The summed E-state index contributed by atoms with van der Waals surface area (Å²) in [7, 11) is 1.53. The lowest BCUT2D eigenvalue weighted by Crippen LogP contribution is -2.48. The third-order valence-corrected chi connectivity index (χ3v) is 6.14. The van der Waals surface area contributed by atoms with E-state index >= 15 is 0 Å². The molecule has 29 heavy (non-hydrogen) atoms. The largest absolute Gasteiger partial charge is 0.357 e. The van der Waals surface area contributed by atoms with Gasteiger partial charge in [0.1, 0.15) is 11.9 Å². The van der Waals surface area contributed by atoms with Crippen LogP contribution in [0, 0.1) is 5.82 Å². The molecule has 0 unspecified atom stereocenters. The third-order valence-electron chi connectivity index (χ3n) is 4.46. The summed E-state index contributed by atoms with van der Waals surface area (Å²) in [5, 5.41) is 3.46. The van der Waals surface area contributed by atoms with Gasteiger partial charge in [0.2, 0.25) is 11.8 Å². The fourth-order valence-electron chi connectivity index (χ4n) is 2.89. The summed E-state index contributed by atoms with van der Waals surface area (Å²) in [5.41, 5.74) is 1.12. The van der Waals surface area contributed by atoms with Gasteiger partial charge in [-0.25, -0.2) is 4.39 Å². The predicted molar refractivity (Wildman–Crippen MR) is 118 cm³/mol. The highest BCUT2D eigenvalue weighted by Gasteiger charge is 2.29. The normalized spacial score (nSPS) is 11.8. The highest BCUT2D eigenvalue weighted by atomic mass is 35.5. The van der Waals surface area contributed by atoms with Crippen LogP contribution in [0.2, 0.25) is 10.0 Å². The van der Waals surface area contributed by atoms with Crippen LogP contribution in [0.15, 0.2) is 42.5 Å². The molecular weight excluding hydrogens is 434 g/mol. The summed E-state index contributed by atoms with van der Waals surface area (Å²) in [4.78, 5) is 26.9. The minimum atomic E-state index is -0.658. The molecule has 0 saturated carbocycles. The second-order valence-corrected chi connectivity index (χ2v) is 8.14. The standard InChI is InChI=1S/C21H23Cl2FN2O2S/c1-3-19(21(28)25-2)26(11-15-16(22)8-6-9-17(15)23)20(27)13-29-12-14-7-4-5-10-18(14)24/h4-10,19H,3,11-13H2,1-2H3,(H,25,28)/t19-/m0/s1. The van der Waals surface area contributed by atoms with E-state index in [-0.39, 0.29) is 29.9 Å². The number of halogens is 3. The van der Waals surface area contributed by atoms with E-state index in [1.165, 1.54) is 29.8 Å². The molecule has 1 atom stereocenters. The Morgan fingerprint density at radius 3 is 2.38 bits per heavy atom. The van der Waals surface area contributed by atoms with E-state index in [0.717, 1.165) is 0 Å². The Labute approximate surface area is 184 Å². The van der Waals surface area contributed by atoms with Crippen molar-refractivity contribution in [2.75, 3.05) is 12.8 Å². The Kier molecular flexibility index (Phi) is 9.27. The molecule has 0 heterocycles. The lowest BCUT2D eigenvalue weighted by molar-refractivity contribution is -0.139. The van der Waals surface area contributed by atoms with Gasteiger partial charge in [0, 0.05) is 35.0 Å². The summed E-state index contributed by atoms with van der Waals surface area (Å²) in [6.07, 6.45) is 0.436. The number of hydrogen-bond donors (Lipinski definition) is 1. The minimum Gasteiger partial charge on any atom is -0.357 e. The van der Waals surface area contributed by atoms with Crippen LogP contribution in [0.3, 0.4) is 0 Å². The first kappa shape index (κ1) is 23.5. The van der Waals surface area contributed by atoms with Crippen molar-refractivity contribution in [1.82, 2.24) is 10.2 Å². The van der Waals surface area contributed by atoms with Crippen molar-refractivity contribution >= 4 is 46.8 Å². The van der Waals surface area contributed by atoms with Gasteiger partial charge in [0.15, 0.2) is 0 Å². The molecule has 0 aliphatic carbocycles. The van der Waals surface area contributed by atoms with E-state index in [2.05, 4.69) is 5.32 Å². The Balaban J connectivity index is 2.18. The Bertz CT molecular complexity index is 846. The number of nitrogens with one attached hydrogen (secondary N) is 1. The van der Waals surface area contributed by atoms with Crippen molar-refractivity contribution in [3.05, 3.63) is 69.5 Å². The Morgan fingerprint density at radius 2 is 1.79 bits per heavy atom. The molecule has 2 amide bonds. The fourth-order valence-corrected chi connectivity index (χ4v) is 4.30. The van der Waals surface area contributed by atoms with E-state index in [1.54, 1.807) is 36.4 Å². The van der Waals surface area contributed by atoms with Crippen LogP contribution in [-0.2, 0) is 21.9 Å². The number of carbonyl (C=O) groups is 2. The number of benzene rings is 2. The fraction of sp³-hybridized carbons (Fsp3) is 0.333. The van der Waals surface area contributed by atoms with Crippen molar-refractivity contribution in [3.63, 3.8) is 0 Å². The first-order valence-corrected chi connectivity index (χ1v) is 11.0. The van der Waals surface area contributed by atoms with Gasteiger partial charge in [-0.2, -0.15) is 0 Å². The van der Waals surface area contributed by atoms with E-state index in [1.807, 2.05) is 6.92 Å². The maximum Gasteiger partial charge on any atom is 0.242 e. The number of carbonyl (C=O) groups excluding carboxylic acids is 2. The second kappa shape index (κ2) is 11.4. The van der Waals surface area contributed by atoms with Gasteiger partial charge in [0.25, 0.3) is 0 Å². The summed E-state index contributed by atoms with van der Waals surface area (Å²) in [6, 6.07) is 10.9. The molecule has 2 aromatic rings. The van der Waals surface area contributed by atoms with Crippen LogP contribution in [0.5, 0.6) is 0 Å². The zero-order chi connectivity index (χ0) is 21.4. The molecule has 0 bridgehead atoms. The van der Waals surface area contributed by atoms with Gasteiger partial charge in [-0.3, -0.25) is 9.59 Å². The molecule has 0 fully saturated rings. The molecule has 8 heteroatoms. The highest BCUT2D eigenvalue weighted by molar-refractivity contribution is 7.99. The Morgan fingerprint density at radius 1 is 1.14 bits per heavy atom. The lowest BCUT2D eigenvalue weighted by Gasteiger charge is -2.30. The molecule has 1 N–H and O–H groups in total. The molecule has 0 radical (unpaired) electrons. The van der Waals surface area contributed by atoms with Crippen LogP contribution in [0.4, 0.5) is 4.39 Å². The average Bonchev–Trinajstić information content (AvgIpc) is 2.71. The zero-order valence-electron chi connectivity index (χ0n) is 16.3. The number of amides is 2. The van der Waals surface area contributed by atoms with Crippen molar-refractivity contribution in [1.29, 1.82) is 0 Å². The number of rotatable bonds is 9. The van der Waals surface area contributed by atoms with Gasteiger partial charge in [-0.15, -0.1) is 11.8 Å². The molecule has 2 rings (SSSR count). The maximum atomic E-state index is 13.8. The van der Waals surface area contributed by atoms with E-state index in [0.29, 0.717) is 33.3 Å². The van der Waals surface area contributed by atoms with Crippen LogP contribution in [0.1, 0.15) is 24.5 Å². The SMILES string of the molecule is CC[C@@H](C(=O)NC)N(Cc1c(Cl)cccc1Cl)C(=O)CSCc1ccccc1F. The molecular formula is C21H23Cl2FN2O2S. The molecule has 4 nitrogen and oxygen atoms in total. The maximum absolute atomic E-state index is 13.8. The van der Waals surface area contributed by atoms with E-state index in [4.69, 9.17) is 23.2 Å². The van der Waals surface area contributed by atoms with Crippen molar-refractivity contribution in [3.8, 4) is 0 Å². The average molecular weight is 457 g/mol. The summed E-state index contributed by atoms with van der Waals surface area (Å²) in [6.45, 7) is 1.95. The van der Waals surface area contributed by atoms with E-state index in [9.17, 15) is 14.0 Å². The van der Waals surface area contributed by atoms with E-state index < -0.39 is 6.04 Å². The summed E-state index contributed by atoms with van der Waals surface area (Å²) < 4.78 is 13.8. The van der Waals surface area contributed by atoms with Gasteiger partial charge in [-0.05, 0) is 30.2 Å². The first-order valence-electron chi connectivity index (χ1n) is 9.14. The smallest absolute Gasteiger partial charge is 0.242 e. The van der Waals surface area contributed by atoms with Crippen LogP contribution >= 0.6 is 35.0 Å². The van der Waals surface area contributed by atoms with Gasteiger partial charge in [0.05, 0.1) is 5.75 Å².